The first kappa shape index (κ1) is 16.1. The Kier molecular flexibility index (Phi) is 12.4. The van der Waals surface area contributed by atoms with Crippen LogP contribution in [0.2, 0.25) is 0 Å². The summed E-state index contributed by atoms with van der Waals surface area (Å²) in [6.07, 6.45) is 4.77. The largest absolute Gasteiger partial charge is 0.325 e. The zero-order valence-electron chi connectivity index (χ0n) is 8.81. The average molecular weight is 197 g/mol. The zero-order valence-corrected chi connectivity index (χ0v) is 8.81. The van der Waals surface area contributed by atoms with Crippen LogP contribution in [0.1, 0.15) is 47.0 Å². The Morgan fingerprint density at radius 3 is 2.50 bits per heavy atom. The Morgan fingerprint density at radius 1 is 1.43 bits per heavy atom. The molecule has 0 aliphatic carbocycles. The van der Waals surface area contributed by atoms with Gasteiger partial charge in [-0.2, -0.15) is 0 Å². The van der Waals surface area contributed by atoms with E-state index in [2.05, 4.69) is 12.2 Å². The van der Waals surface area contributed by atoms with Crippen LogP contribution in [0, 0.1) is 5.92 Å². The van der Waals surface area contributed by atoms with Gasteiger partial charge in [0.1, 0.15) is 5.78 Å². The highest BCUT2D eigenvalue weighted by atomic mass is 16.1. The van der Waals surface area contributed by atoms with E-state index in [0.29, 0.717) is 12.2 Å². The highest BCUT2D eigenvalue weighted by Gasteiger charge is 2.10. The van der Waals surface area contributed by atoms with Crippen LogP contribution in [0.15, 0.2) is 0 Å². The van der Waals surface area contributed by atoms with Gasteiger partial charge in [0.15, 0.2) is 0 Å². The van der Waals surface area contributed by atoms with Gasteiger partial charge in [-0.1, -0.05) is 20.8 Å². The number of hydrogen-bond donors (Lipinski definition) is 1. The number of carbonyl (C=O) groups is 1. The lowest BCUT2D eigenvalue weighted by Crippen LogP contribution is -2.17. The molecular formula is C11H24BNO. The van der Waals surface area contributed by atoms with Crippen LogP contribution in [0.3, 0.4) is 0 Å². The Hall–Kier alpha value is -0.305. The minimum absolute atomic E-state index is 0. The van der Waals surface area contributed by atoms with E-state index in [4.69, 9.17) is 7.85 Å². The summed E-state index contributed by atoms with van der Waals surface area (Å²) in [5, 5.41) is 3.06. The molecule has 0 unspecified atom stereocenters. The molecule has 0 rings (SSSR count). The van der Waals surface area contributed by atoms with Crippen molar-refractivity contribution in [3.8, 4) is 0 Å². The van der Waals surface area contributed by atoms with E-state index in [1.807, 2.05) is 0 Å². The minimum Gasteiger partial charge on any atom is -0.325 e. The lowest BCUT2D eigenvalue weighted by molar-refractivity contribution is -0.121. The highest BCUT2D eigenvalue weighted by Crippen LogP contribution is 2.12. The summed E-state index contributed by atoms with van der Waals surface area (Å²) in [6, 6.07) is 0. The molecule has 0 bridgehead atoms. The van der Waals surface area contributed by atoms with Crippen LogP contribution in [-0.2, 0) is 4.79 Å². The van der Waals surface area contributed by atoms with Crippen molar-refractivity contribution < 1.29 is 4.79 Å². The van der Waals surface area contributed by atoms with Gasteiger partial charge in [-0.3, -0.25) is 4.79 Å². The van der Waals surface area contributed by atoms with Crippen molar-refractivity contribution in [3.05, 3.63) is 0 Å². The van der Waals surface area contributed by atoms with Crippen LogP contribution in [0.5, 0.6) is 0 Å². The molecule has 1 N–H and O–H groups in total. The van der Waals surface area contributed by atoms with E-state index in [0.717, 1.165) is 32.2 Å². The third-order valence-corrected chi connectivity index (χ3v) is 2.37. The molecule has 14 heavy (non-hydrogen) atoms. The number of unbranched alkanes of at least 4 members (excludes halogenated alkanes) is 1. The van der Waals surface area contributed by atoms with Crippen molar-refractivity contribution in [1.29, 1.82) is 0 Å². The summed E-state index contributed by atoms with van der Waals surface area (Å²) in [4.78, 5) is 11.1. The first-order valence-corrected chi connectivity index (χ1v) is 5.13. The molecule has 0 saturated carbocycles. The molecule has 0 spiro atoms. The molecule has 0 aromatic carbocycles. The SMILES string of the molecule is C.[B]CNCCCC[C@H](CC)C(C)=O. The van der Waals surface area contributed by atoms with Gasteiger partial charge in [0, 0.05) is 5.92 Å². The van der Waals surface area contributed by atoms with Gasteiger partial charge < -0.3 is 5.32 Å². The number of ketones is 1. The molecule has 0 fully saturated rings. The van der Waals surface area contributed by atoms with Gasteiger partial charge in [-0.15, -0.1) is 0 Å². The number of nitrogens with one attached hydrogen (secondary N) is 1. The monoisotopic (exact) mass is 197 g/mol. The summed E-state index contributed by atoms with van der Waals surface area (Å²) >= 11 is 0. The fraction of sp³-hybridized carbons (Fsp3) is 0.909. The molecule has 0 aromatic heterocycles. The molecule has 2 radical (unpaired) electrons. The fourth-order valence-corrected chi connectivity index (χ4v) is 1.44. The Morgan fingerprint density at radius 2 is 2.07 bits per heavy atom. The van der Waals surface area contributed by atoms with Gasteiger partial charge in [0.2, 0.25) is 0 Å². The first-order chi connectivity index (χ1) is 6.22. The molecule has 0 heterocycles. The second-order valence-electron chi connectivity index (χ2n) is 3.42. The molecule has 3 heteroatoms. The summed E-state index contributed by atoms with van der Waals surface area (Å²) in [5.41, 5.74) is 0. The molecule has 0 saturated heterocycles. The van der Waals surface area contributed by atoms with Crippen molar-refractivity contribution in [2.75, 3.05) is 13.0 Å². The molecule has 0 aliphatic rings. The van der Waals surface area contributed by atoms with Crippen molar-refractivity contribution in [2.24, 2.45) is 5.92 Å². The van der Waals surface area contributed by atoms with Crippen LogP contribution in [0.4, 0.5) is 0 Å². The van der Waals surface area contributed by atoms with Crippen LogP contribution >= 0.6 is 0 Å². The lowest BCUT2D eigenvalue weighted by Gasteiger charge is -2.10. The number of carbonyl (C=O) groups excluding carboxylic acids is 1. The summed E-state index contributed by atoms with van der Waals surface area (Å²) in [7, 11) is 5.28. The molecule has 0 aliphatic heterocycles. The van der Waals surface area contributed by atoms with Gasteiger partial charge in [-0.25, -0.2) is 0 Å². The standard InChI is InChI=1S/C10H20BNO.CH4/c1-3-10(9(2)13)6-4-5-7-12-8-11;/h10,12H,3-8H2,1-2H3;1H4/t10-;/m0./s1. The maximum atomic E-state index is 11.1. The predicted molar refractivity (Wildman–Crippen MR) is 63.7 cm³/mol. The maximum absolute atomic E-state index is 11.1. The summed E-state index contributed by atoms with van der Waals surface area (Å²) in [5.74, 6) is 0.604. The highest BCUT2D eigenvalue weighted by molar-refractivity contribution is 6.08. The molecule has 0 aromatic rings. The van der Waals surface area contributed by atoms with Crippen molar-refractivity contribution in [2.45, 2.75) is 47.0 Å². The zero-order chi connectivity index (χ0) is 10.1. The van der Waals surface area contributed by atoms with Crippen LogP contribution < -0.4 is 5.32 Å². The minimum atomic E-state index is 0. The Bertz CT molecular complexity index is 139. The summed E-state index contributed by atoms with van der Waals surface area (Å²) < 4.78 is 0. The third kappa shape index (κ3) is 8.30. The molecule has 2 nitrogen and oxygen atoms in total. The molecular weight excluding hydrogens is 173 g/mol. The van der Waals surface area contributed by atoms with Gasteiger partial charge in [0.25, 0.3) is 0 Å². The second kappa shape index (κ2) is 10.8. The van der Waals surface area contributed by atoms with Crippen LogP contribution in [0.25, 0.3) is 0 Å². The van der Waals surface area contributed by atoms with Gasteiger partial charge in [-0.05, 0) is 39.2 Å². The van der Waals surface area contributed by atoms with Gasteiger partial charge in [0.05, 0.1) is 7.85 Å². The van der Waals surface area contributed by atoms with E-state index in [-0.39, 0.29) is 13.3 Å². The van der Waals surface area contributed by atoms with Crippen molar-refractivity contribution >= 4 is 13.6 Å². The topological polar surface area (TPSA) is 29.1 Å². The van der Waals surface area contributed by atoms with E-state index < -0.39 is 0 Å². The van der Waals surface area contributed by atoms with E-state index >= 15 is 0 Å². The van der Waals surface area contributed by atoms with Crippen LogP contribution in [-0.4, -0.2) is 26.6 Å². The average Bonchev–Trinajstić information content (AvgIpc) is 2.10. The second-order valence-corrected chi connectivity index (χ2v) is 3.42. The predicted octanol–water partition coefficient (Wildman–Crippen LogP) is 2.12. The molecule has 0 amide bonds. The molecule has 82 valence electrons. The maximum Gasteiger partial charge on any atom is 0.132 e. The fourth-order valence-electron chi connectivity index (χ4n) is 1.44. The Labute approximate surface area is 90.3 Å². The quantitative estimate of drug-likeness (QED) is 0.477. The van der Waals surface area contributed by atoms with E-state index in [1.165, 1.54) is 0 Å². The number of Topliss-reactive ketones (excluding diaryl/α,β-unsaturated/α-hetero) is 1. The van der Waals surface area contributed by atoms with Crippen molar-refractivity contribution in [3.63, 3.8) is 0 Å². The van der Waals surface area contributed by atoms with Crippen molar-refractivity contribution in [1.82, 2.24) is 5.32 Å². The van der Waals surface area contributed by atoms with E-state index in [1.54, 1.807) is 6.92 Å². The third-order valence-electron chi connectivity index (χ3n) is 2.37. The Balaban J connectivity index is 0. The normalized spacial score (nSPS) is 11.9. The summed E-state index contributed by atoms with van der Waals surface area (Å²) in [6.45, 7) is 4.72. The molecule has 1 atom stereocenters. The smallest absolute Gasteiger partial charge is 0.132 e. The lowest BCUT2D eigenvalue weighted by atomic mass is 9.95. The number of hydrogen-bond acceptors (Lipinski definition) is 2. The number of rotatable bonds is 8. The first-order valence-electron chi connectivity index (χ1n) is 5.13. The van der Waals surface area contributed by atoms with Gasteiger partial charge >= 0.3 is 0 Å². The van der Waals surface area contributed by atoms with E-state index in [9.17, 15) is 4.79 Å².